The fourth-order valence-electron chi connectivity index (χ4n) is 1.02. The number of hydrogen-bond donors (Lipinski definition) is 3. The first-order valence-corrected chi connectivity index (χ1v) is 3.62. The van der Waals surface area contributed by atoms with Crippen LogP contribution in [0.1, 0.15) is 23.9 Å². The molecule has 0 fully saturated rings. The molecular weight excluding hydrogens is 142 g/mol. The lowest BCUT2D eigenvalue weighted by atomic mass is 10.1. The highest BCUT2D eigenvalue weighted by molar-refractivity contribution is 5.12. The van der Waals surface area contributed by atoms with Crippen LogP contribution in [0.3, 0.4) is 0 Å². The molecule has 0 saturated carbocycles. The van der Waals surface area contributed by atoms with E-state index in [0.717, 1.165) is 11.4 Å². The quantitative estimate of drug-likeness (QED) is 0.579. The van der Waals surface area contributed by atoms with E-state index in [1.807, 2.05) is 6.92 Å². The number of aliphatic hydroxyl groups excluding tert-OH is 1. The minimum atomic E-state index is -0.147. The molecule has 1 heterocycles. The molecule has 1 rings (SSSR count). The average molecular weight is 155 g/mol. The highest BCUT2D eigenvalue weighted by atomic mass is 16.3. The summed E-state index contributed by atoms with van der Waals surface area (Å²) >= 11 is 0. The summed E-state index contributed by atoms with van der Waals surface area (Å²) in [5.41, 5.74) is 7.53. The Labute approximate surface area is 65.5 Å². The molecular formula is C7H13N3O. The zero-order chi connectivity index (χ0) is 8.27. The predicted octanol–water partition coefficient (Wildman–Crippen LogP) is 0.100. The number of aryl methyl sites for hydroxylation is 1. The van der Waals surface area contributed by atoms with Crippen LogP contribution < -0.4 is 5.73 Å². The molecule has 0 aromatic carbocycles. The molecule has 1 aromatic rings. The number of H-pyrrole nitrogens is 1. The van der Waals surface area contributed by atoms with Crippen molar-refractivity contribution in [2.24, 2.45) is 5.73 Å². The molecule has 0 spiro atoms. The van der Waals surface area contributed by atoms with Crippen molar-refractivity contribution in [3.8, 4) is 0 Å². The standard InChI is InChI=1S/C7H13N3O/c1-5-7(10-4-9-5)6(8)2-3-11/h4,6,11H,2-3,8H2,1H3,(H,9,10)/t6-/m0/s1. The summed E-state index contributed by atoms with van der Waals surface area (Å²) in [6.07, 6.45) is 2.17. The van der Waals surface area contributed by atoms with Gasteiger partial charge < -0.3 is 15.8 Å². The minimum Gasteiger partial charge on any atom is -0.396 e. The molecule has 11 heavy (non-hydrogen) atoms. The summed E-state index contributed by atoms with van der Waals surface area (Å²) in [6, 6.07) is -0.147. The topological polar surface area (TPSA) is 74.9 Å². The van der Waals surface area contributed by atoms with Crippen molar-refractivity contribution in [1.82, 2.24) is 9.97 Å². The van der Waals surface area contributed by atoms with E-state index in [0.29, 0.717) is 6.42 Å². The number of nitrogens with zero attached hydrogens (tertiary/aromatic N) is 1. The fourth-order valence-corrected chi connectivity index (χ4v) is 1.02. The first kappa shape index (κ1) is 8.23. The maximum Gasteiger partial charge on any atom is 0.0925 e. The molecule has 0 unspecified atom stereocenters. The summed E-state index contributed by atoms with van der Waals surface area (Å²) in [7, 11) is 0. The first-order valence-electron chi connectivity index (χ1n) is 3.62. The number of aliphatic hydroxyl groups is 1. The third-order valence-corrected chi connectivity index (χ3v) is 1.66. The molecule has 0 radical (unpaired) electrons. The van der Waals surface area contributed by atoms with Crippen molar-refractivity contribution < 1.29 is 5.11 Å². The van der Waals surface area contributed by atoms with Gasteiger partial charge in [-0.1, -0.05) is 0 Å². The predicted molar refractivity (Wildman–Crippen MR) is 42.0 cm³/mol. The van der Waals surface area contributed by atoms with E-state index in [1.54, 1.807) is 6.33 Å². The number of nitrogens with two attached hydrogens (primary N) is 1. The van der Waals surface area contributed by atoms with Gasteiger partial charge in [-0.25, -0.2) is 4.98 Å². The second-order valence-electron chi connectivity index (χ2n) is 2.53. The van der Waals surface area contributed by atoms with Crippen LogP contribution in [0.5, 0.6) is 0 Å². The second kappa shape index (κ2) is 3.50. The van der Waals surface area contributed by atoms with E-state index >= 15 is 0 Å². The minimum absolute atomic E-state index is 0.105. The summed E-state index contributed by atoms with van der Waals surface area (Å²) in [6.45, 7) is 2.02. The Kier molecular flexibility index (Phi) is 2.62. The second-order valence-corrected chi connectivity index (χ2v) is 2.53. The van der Waals surface area contributed by atoms with Gasteiger partial charge in [-0.3, -0.25) is 0 Å². The van der Waals surface area contributed by atoms with Crippen molar-refractivity contribution in [2.45, 2.75) is 19.4 Å². The number of rotatable bonds is 3. The molecule has 0 amide bonds. The van der Waals surface area contributed by atoms with Gasteiger partial charge in [0.2, 0.25) is 0 Å². The molecule has 0 aliphatic heterocycles. The van der Waals surface area contributed by atoms with Gasteiger partial charge in [-0.2, -0.15) is 0 Å². The summed E-state index contributed by atoms with van der Waals surface area (Å²) in [4.78, 5) is 6.98. The molecule has 4 heteroatoms. The van der Waals surface area contributed by atoms with Crippen LogP contribution >= 0.6 is 0 Å². The number of hydrogen-bond acceptors (Lipinski definition) is 3. The van der Waals surface area contributed by atoms with E-state index in [1.165, 1.54) is 0 Å². The van der Waals surface area contributed by atoms with Crippen molar-refractivity contribution in [1.29, 1.82) is 0 Å². The van der Waals surface area contributed by atoms with Gasteiger partial charge in [0, 0.05) is 12.3 Å². The lowest BCUT2D eigenvalue weighted by Gasteiger charge is -2.06. The number of imidazole rings is 1. The molecule has 0 aliphatic rings. The lowest BCUT2D eigenvalue weighted by molar-refractivity contribution is 0.275. The maximum absolute atomic E-state index is 8.61. The zero-order valence-electron chi connectivity index (χ0n) is 6.54. The van der Waals surface area contributed by atoms with Crippen molar-refractivity contribution in [2.75, 3.05) is 6.61 Å². The average Bonchev–Trinajstić information content (AvgIpc) is 2.36. The Morgan fingerprint density at radius 3 is 3.00 bits per heavy atom. The highest BCUT2D eigenvalue weighted by Crippen LogP contribution is 2.12. The molecule has 0 aliphatic carbocycles. The molecule has 1 aromatic heterocycles. The Morgan fingerprint density at radius 1 is 1.82 bits per heavy atom. The Hall–Kier alpha value is -0.870. The molecule has 1 atom stereocenters. The van der Waals surface area contributed by atoms with Crippen LogP contribution in [-0.2, 0) is 0 Å². The van der Waals surface area contributed by atoms with Gasteiger partial charge in [-0.05, 0) is 13.3 Å². The van der Waals surface area contributed by atoms with E-state index in [-0.39, 0.29) is 12.6 Å². The largest absolute Gasteiger partial charge is 0.396 e. The van der Waals surface area contributed by atoms with Crippen LogP contribution in [-0.4, -0.2) is 21.7 Å². The third-order valence-electron chi connectivity index (χ3n) is 1.66. The number of aromatic amines is 1. The Balaban J connectivity index is 2.67. The number of nitrogens with one attached hydrogen (secondary N) is 1. The zero-order valence-corrected chi connectivity index (χ0v) is 6.54. The molecule has 0 saturated heterocycles. The van der Waals surface area contributed by atoms with Gasteiger partial charge >= 0.3 is 0 Å². The normalized spacial score (nSPS) is 13.4. The van der Waals surface area contributed by atoms with Crippen molar-refractivity contribution in [3.63, 3.8) is 0 Å². The fraction of sp³-hybridized carbons (Fsp3) is 0.571. The summed E-state index contributed by atoms with van der Waals surface area (Å²) in [5, 5.41) is 8.61. The van der Waals surface area contributed by atoms with Crippen LogP contribution in [0.25, 0.3) is 0 Å². The monoisotopic (exact) mass is 155 g/mol. The van der Waals surface area contributed by atoms with E-state index in [2.05, 4.69) is 9.97 Å². The maximum atomic E-state index is 8.61. The van der Waals surface area contributed by atoms with Gasteiger partial charge in [0.15, 0.2) is 0 Å². The Bertz CT molecular complexity index is 221. The summed E-state index contributed by atoms with van der Waals surface area (Å²) in [5.74, 6) is 0. The van der Waals surface area contributed by atoms with Gasteiger partial charge in [0.25, 0.3) is 0 Å². The molecule has 0 bridgehead atoms. The van der Waals surface area contributed by atoms with Crippen LogP contribution in [0.15, 0.2) is 6.33 Å². The van der Waals surface area contributed by atoms with Gasteiger partial charge in [-0.15, -0.1) is 0 Å². The van der Waals surface area contributed by atoms with Crippen LogP contribution in [0.2, 0.25) is 0 Å². The van der Waals surface area contributed by atoms with Gasteiger partial charge in [0.1, 0.15) is 0 Å². The molecule has 62 valence electrons. The van der Waals surface area contributed by atoms with E-state index < -0.39 is 0 Å². The lowest BCUT2D eigenvalue weighted by Crippen LogP contribution is -2.13. The highest BCUT2D eigenvalue weighted by Gasteiger charge is 2.09. The van der Waals surface area contributed by atoms with Crippen LogP contribution in [0.4, 0.5) is 0 Å². The summed E-state index contributed by atoms with van der Waals surface area (Å²) < 4.78 is 0. The third kappa shape index (κ3) is 1.78. The van der Waals surface area contributed by atoms with Gasteiger partial charge in [0.05, 0.1) is 18.1 Å². The first-order chi connectivity index (χ1) is 5.25. The molecule has 4 nitrogen and oxygen atoms in total. The smallest absolute Gasteiger partial charge is 0.0925 e. The SMILES string of the molecule is Cc1[nH]cnc1[C@@H](N)CCO. The van der Waals surface area contributed by atoms with Crippen molar-refractivity contribution in [3.05, 3.63) is 17.7 Å². The molecule has 4 N–H and O–H groups in total. The van der Waals surface area contributed by atoms with E-state index in [4.69, 9.17) is 10.8 Å². The van der Waals surface area contributed by atoms with Crippen molar-refractivity contribution >= 4 is 0 Å². The number of aromatic nitrogens is 2. The van der Waals surface area contributed by atoms with Crippen LogP contribution in [0, 0.1) is 6.92 Å². The Morgan fingerprint density at radius 2 is 2.55 bits per heavy atom. The van der Waals surface area contributed by atoms with E-state index in [9.17, 15) is 0 Å².